The Kier molecular flexibility index (Phi) is 5.53. The van der Waals surface area contributed by atoms with E-state index >= 15 is 0 Å². The molecule has 0 heterocycles. The number of hydrogen-bond acceptors (Lipinski definition) is 6. The van der Waals surface area contributed by atoms with E-state index in [0.29, 0.717) is 0 Å². The van der Waals surface area contributed by atoms with Gasteiger partial charge in [0.1, 0.15) is 5.69 Å². The molecule has 1 N–H and O–H groups in total. The Morgan fingerprint density at radius 2 is 2.26 bits per heavy atom. The van der Waals surface area contributed by atoms with Gasteiger partial charge in [-0.1, -0.05) is 23.2 Å². The van der Waals surface area contributed by atoms with Gasteiger partial charge in [0, 0.05) is 11.1 Å². The van der Waals surface area contributed by atoms with Crippen LogP contribution in [0.1, 0.15) is 6.92 Å². The maximum atomic E-state index is 11.2. The number of ether oxygens (including phenoxy) is 1. The normalized spacial score (nSPS) is 11.0. The molecule has 0 aliphatic carbocycles. The number of nitrogens with one attached hydrogen (secondary N) is 1. The molecule has 0 atom stereocenters. The molecule has 0 spiro atoms. The first-order chi connectivity index (χ1) is 8.95. The van der Waals surface area contributed by atoms with Crippen molar-refractivity contribution >= 4 is 45.7 Å². The SMILES string of the molecule is CCOC(=O)/C(Cl)=N/Nc1cc(Cl)ccc1[N+](=O)[O-]. The Morgan fingerprint density at radius 1 is 1.58 bits per heavy atom. The fourth-order valence-corrected chi connectivity index (χ4v) is 1.37. The molecule has 0 saturated carbocycles. The van der Waals surface area contributed by atoms with E-state index in [-0.39, 0.29) is 23.0 Å². The first-order valence-corrected chi connectivity index (χ1v) is 5.81. The molecule has 0 aromatic heterocycles. The van der Waals surface area contributed by atoms with E-state index in [1.54, 1.807) is 6.92 Å². The average Bonchev–Trinajstić information content (AvgIpc) is 2.35. The van der Waals surface area contributed by atoms with Gasteiger partial charge in [0.05, 0.1) is 11.5 Å². The van der Waals surface area contributed by atoms with E-state index in [9.17, 15) is 14.9 Å². The average molecular weight is 306 g/mol. The topological polar surface area (TPSA) is 93.8 Å². The van der Waals surface area contributed by atoms with Crippen molar-refractivity contribution in [1.82, 2.24) is 0 Å². The number of rotatable bonds is 5. The summed E-state index contributed by atoms with van der Waals surface area (Å²) in [6, 6.07) is 3.86. The molecule has 7 nitrogen and oxygen atoms in total. The number of anilines is 1. The standard InChI is InChI=1S/C10H9Cl2N3O4/c1-2-19-10(16)9(12)14-13-7-5-6(11)3-4-8(7)15(17)18/h3-5,13H,2H2,1H3/b14-9-. The minimum absolute atomic E-state index is 0.0138. The van der Waals surface area contributed by atoms with Crippen LogP contribution in [0.4, 0.5) is 11.4 Å². The maximum Gasteiger partial charge on any atom is 0.370 e. The lowest BCUT2D eigenvalue weighted by molar-refractivity contribution is -0.384. The van der Waals surface area contributed by atoms with Gasteiger partial charge in [-0.05, 0) is 19.1 Å². The summed E-state index contributed by atoms with van der Waals surface area (Å²) in [5.41, 5.74) is 2.07. The summed E-state index contributed by atoms with van der Waals surface area (Å²) < 4.78 is 4.59. The number of nitro groups is 1. The molecule has 0 aliphatic rings. The Morgan fingerprint density at radius 3 is 2.84 bits per heavy atom. The predicted molar refractivity (Wildman–Crippen MR) is 71.7 cm³/mol. The second-order valence-electron chi connectivity index (χ2n) is 3.15. The molecule has 0 bridgehead atoms. The van der Waals surface area contributed by atoms with Crippen LogP contribution in [0.5, 0.6) is 0 Å². The summed E-state index contributed by atoms with van der Waals surface area (Å²) in [4.78, 5) is 21.3. The Balaban J connectivity index is 2.93. The summed E-state index contributed by atoms with van der Waals surface area (Å²) in [7, 11) is 0. The number of carbonyl (C=O) groups excluding carboxylic acids is 1. The molecule has 0 radical (unpaired) electrons. The monoisotopic (exact) mass is 305 g/mol. The number of benzene rings is 1. The fourth-order valence-electron chi connectivity index (χ4n) is 1.10. The van der Waals surface area contributed by atoms with Crippen molar-refractivity contribution in [3.8, 4) is 0 Å². The quantitative estimate of drug-likeness (QED) is 0.391. The van der Waals surface area contributed by atoms with Crippen LogP contribution in [-0.4, -0.2) is 22.7 Å². The second kappa shape index (κ2) is 6.91. The molecule has 0 unspecified atom stereocenters. The highest BCUT2D eigenvalue weighted by Crippen LogP contribution is 2.27. The number of nitro benzene ring substituents is 1. The zero-order valence-corrected chi connectivity index (χ0v) is 11.2. The number of nitrogens with zero attached hydrogens (tertiary/aromatic N) is 2. The lowest BCUT2D eigenvalue weighted by Crippen LogP contribution is -2.13. The van der Waals surface area contributed by atoms with Crippen molar-refractivity contribution in [3.05, 3.63) is 33.3 Å². The van der Waals surface area contributed by atoms with Crippen LogP contribution in [0.15, 0.2) is 23.3 Å². The second-order valence-corrected chi connectivity index (χ2v) is 3.95. The van der Waals surface area contributed by atoms with E-state index in [1.807, 2.05) is 0 Å². The number of esters is 1. The first-order valence-electron chi connectivity index (χ1n) is 5.06. The molecule has 1 aromatic carbocycles. The molecule has 102 valence electrons. The van der Waals surface area contributed by atoms with Crippen LogP contribution in [0, 0.1) is 10.1 Å². The van der Waals surface area contributed by atoms with Gasteiger partial charge in [0.15, 0.2) is 0 Å². The van der Waals surface area contributed by atoms with E-state index in [0.717, 1.165) is 0 Å². The molecule has 1 rings (SSSR count). The Bertz CT molecular complexity index is 534. The highest BCUT2D eigenvalue weighted by molar-refractivity contribution is 6.82. The zero-order chi connectivity index (χ0) is 14.4. The smallest absolute Gasteiger partial charge is 0.370 e. The van der Waals surface area contributed by atoms with Crippen molar-refractivity contribution in [3.63, 3.8) is 0 Å². The summed E-state index contributed by atoms with van der Waals surface area (Å²) in [6.07, 6.45) is 0. The highest BCUT2D eigenvalue weighted by Gasteiger charge is 2.15. The molecule has 0 fully saturated rings. The molecule has 0 amide bonds. The number of halogens is 2. The van der Waals surface area contributed by atoms with Crippen LogP contribution in [0.3, 0.4) is 0 Å². The molecule has 0 saturated heterocycles. The highest BCUT2D eigenvalue weighted by atomic mass is 35.5. The fraction of sp³-hybridized carbons (Fsp3) is 0.200. The van der Waals surface area contributed by atoms with Gasteiger partial charge in [-0.15, -0.1) is 0 Å². The van der Waals surface area contributed by atoms with Gasteiger partial charge in [0.25, 0.3) is 5.69 Å². The lowest BCUT2D eigenvalue weighted by atomic mass is 10.3. The van der Waals surface area contributed by atoms with Crippen molar-refractivity contribution in [2.24, 2.45) is 5.10 Å². The Hall–Kier alpha value is -1.86. The van der Waals surface area contributed by atoms with Crippen LogP contribution < -0.4 is 5.43 Å². The van der Waals surface area contributed by atoms with Crippen LogP contribution >= 0.6 is 23.2 Å². The number of hydrogen-bond donors (Lipinski definition) is 1. The van der Waals surface area contributed by atoms with E-state index < -0.39 is 16.1 Å². The minimum atomic E-state index is -0.832. The minimum Gasteiger partial charge on any atom is -0.461 e. The van der Waals surface area contributed by atoms with Gasteiger partial charge < -0.3 is 4.74 Å². The van der Waals surface area contributed by atoms with Gasteiger partial charge >= 0.3 is 5.97 Å². The largest absolute Gasteiger partial charge is 0.461 e. The van der Waals surface area contributed by atoms with E-state index in [4.69, 9.17) is 23.2 Å². The van der Waals surface area contributed by atoms with Gasteiger partial charge in [0.2, 0.25) is 5.17 Å². The van der Waals surface area contributed by atoms with E-state index in [2.05, 4.69) is 15.3 Å². The zero-order valence-electron chi connectivity index (χ0n) is 9.72. The van der Waals surface area contributed by atoms with Gasteiger partial charge in [-0.2, -0.15) is 5.10 Å². The number of carbonyl (C=O) groups is 1. The molecular weight excluding hydrogens is 297 g/mol. The lowest BCUT2D eigenvalue weighted by Gasteiger charge is -2.03. The van der Waals surface area contributed by atoms with Crippen LogP contribution in [-0.2, 0) is 9.53 Å². The summed E-state index contributed by atoms with van der Waals surface area (Å²) in [5, 5.41) is 14.1. The van der Waals surface area contributed by atoms with Crippen molar-refractivity contribution in [2.75, 3.05) is 12.0 Å². The van der Waals surface area contributed by atoms with Crippen molar-refractivity contribution in [2.45, 2.75) is 6.92 Å². The van der Waals surface area contributed by atoms with Gasteiger partial charge in [-0.25, -0.2) is 4.79 Å². The third-order valence-electron chi connectivity index (χ3n) is 1.87. The Labute approximate surface area is 118 Å². The summed E-state index contributed by atoms with van der Waals surface area (Å²) in [6.45, 7) is 1.75. The predicted octanol–water partition coefficient (Wildman–Crippen LogP) is 2.78. The summed E-state index contributed by atoms with van der Waals surface area (Å²) in [5.74, 6) is -0.832. The van der Waals surface area contributed by atoms with Gasteiger partial charge in [-0.3, -0.25) is 15.5 Å². The molecule has 9 heteroatoms. The number of hydrazone groups is 1. The third kappa shape index (κ3) is 4.38. The van der Waals surface area contributed by atoms with Crippen molar-refractivity contribution < 1.29 is 14.5 Å². The molecule has 19 heavy (non-hydrogen) atoms. The van der Waals surface area contributed by atoms with Crippen molar-refractivity contribution in [1.29, 1.82) is 0 Å². The molecule has 0 aliphatic heterocycles. The van der Waals surface area contributed by atoms with E-state index in [1.165, 1.54) is 18.2 Å². The third-order valence-corrected chi connectivity index (χ3v) is 2.35. The maximum absolute atomic E-state index is 11.2. The molecular formula is C10H9Cl2N3O4. The molecule has 1 aromatic rings. The van der Waals surface area contributed by atoms with Crippen LogP contribution in [0.25, 0.3) is 0 Å². The first kappa shape index (κ1) is 15.2. The summed E-state index contributed by atoms with van der Waals surface area (Å²) >= 11 is 11.3. The van der Waals surface area contributed by atoms with Crippen LogP contribution in [0.2, 0.25) is 5.02 Å².